The molecule has 0 aromatic heterocycles. The zero-order valence-electron chi connectivity index (χ0n) is 23.1. The number of hydrogen-bond donors (Lipinski definition) is 1. The minimum atomic E-state index is -5.79. The van der Waals surface area contributed by atoms with Crippen molar-refractivity contribution in [2.24, 2.45) is 17.3 Å². The van der Waals surface area contributed by atoms with Crippen molar-refractivity contribution in [3.05, 3.63) is 88.5 Å². The Bertz CT molecular complexity index is 1650. The molecule has 0 bridgehead atoms. The fraction of sp³-hybridized carbons (Fsp3) is 0.424. The maximum absolute atomic E-state index is 12.9. The highest BCUT2D eigenvalue weighted by molar-refractivity contribution is 7.88. The van der Waals surface area contributed by atoms with Gasteiger partial charge in [-0.25, -0.2) is 0 Å². The molecule has 4 aliphatic rings. The molecule has 0 radical (unpaired) electrons. The van der Waals surface area contributed by atoms with Gasteiger partial charge in [0.1, 0.15) is 17.1 Å². The van der Waals surface area contributed by atoms with Crippen LogP contribution in [0, 0.1) is 29.1 Å². The molecule has 5 atom stereocenters. The number of allylic oxidation sites excluding steroid dienone is 4. The molecule has 0 unspecified atom stereocenters. The lowest BCUT2D eigenvalue weighted by atomic mass is 9.51. The van der Waals surface area contributed by atoms with Crippen LogP contribution in [0.15, 0.2) is 77.4 Å². The van der Waals surface area contributed by atoms with Gasteiger partial charge >= 0.3 is 15.6 Å². The third-order valence-corrected chi connectivity index (χ3v) is 10.8. The quantitative estimate of drug-likeness (QED) is 0.246. The van der Waals surface area contributed by atoms with E-state index in [4.69, 9.17) is 0 Å². The SMILES string of the molecule is C[C@]12C[C@H](c3ccc(OS(=O)(=O)C(F)(F)F)cc3)C3=C4CCC(=O)CC4=CC[C@H]3[C@@H]1CC[C@@]2(O)C#Cc1ccccc1. The van der Waals surface area contributed by atoms with E-state index in [0.717, 1.165) is 29.5 Å². The predicted octanol–water partition coefficient (Wildman–Crippen LogP) is 6.60. The second-order valence-corrected chi connectivity index (χ2v) is 13.6. The molecule has 3 fully saturated rings. The highest BCUT2D eigenvalue weighted by Gasteiger charge is 2.62. The molecule has 3 saturated carbocycles. The lowest BCUT2D eigenvalue weighted by Crippen LogP contribution is -2.50. The van der Waals surface area contributed by atoms with Gasteiger partial charge in [0.25, 0.3) is 0 Å². The average Bonchev–Trinajstić information content (AvgIpc) is 3.21. The van der Waals surface area contributed by atoms with E-state index in [1.54, 1.807) is 12.1 Å². The van der Waals surface area contributed by atoms with Crippen LogP contribution in [0.1, 0.15) is 68.9 Å². The molecule has 2 aromatic carbocycles. The molecular weight excluding hydrogens is 565 g/mol. The predicted molar refractivity (Wildman–Crippen MR) is 151 cm³/mol. The largest absolute Gasteiger partial charge is 0.534 e. The summed E-state index contributed by atoms with van der Waals surface area (Å²) < 4.78 is 66.1. The summed E-state index contributed by atoms with van der Waals surface area (Å²) in [5, 5.41) is 12.1. The molecular formula is C33H31F3O5S. The molecule has 0 heterocycles. The van der Waals surface area contributed by atoms with Crippen molar-refractivity contribution in [3.63, 3.8) is 0 Å². The molecule has 4 aliphatic carbocycles. The minimum Gasteiger partial charge on any atom is -0.377 e. The molecule has 9 heteroatoms. The molecule has 6 rings (SSSR count). The summed E-state index contributed by atoms with van der Waals surface area (Å²) in [5.74, 6) is 6.27. The van der Waals surface area contributed by atoms with E-state index in [1.165, 1.54) is 23.3 Å². The standard InChI is InChI=1S/C33H31F3O5S/c1-31-20-28(22-7-11-25(12-8-22)41-42(39,40)33(34,35)36)30-26-14-10-24(37)19-23(26)9-13-27(30)29(31)16-18-32(31,38)17-15-21-5-3-2-4-6-21/h2-9,11-12,27-29,38H,10,13-14,16,18-20H2,1H3/t27-,28+,29-,31-,32-/m0/s1. The second-order valence-electron chi connectivity index (χ2n) is 12.1. The molecule has 220 valence electrons. The van der Waals surface area contributed by atoms with Crippen molar-refractivity contribution < 1.29 is 35.7 Å². The molecule has 0 spiro atoms. The normalized spacial score (nSPS) is 30.8. The number of ketones is 1. The fourth-order valence-corrected chi connectivity index (χ4v) is 8.19. The number of hydrogen-bond acceptors (Lipinski definition) is 5. The summed E-state index contributed by atoms with van der Waals surface area (Å²) in [4.78, 5) is 12.3. The van der Waals surface area contributed by atoms with E-state index < -0.39 is 32.4 Å². The monoisotopic (exact) mass is 596 g/mol. The zero-order valence-corrected chi connectivity index (χ0v) is 23.9. The van der Waals surface area contributed by atoms with Crippen molar-refractivity contribution >= 4 is 15.9 Å². The van der Waals surface area contributed by atoms with Crippen LogP contribution < -0.4 is 4.18 Å². The molecule has 2 aromatic rings. The van der Waals surface area contributed by atoms with E-state index in [-0.39, 0.29) is 23.5 Å². The maximum Gasteiger partial charge on any atom is 0.534 e. The third-order valence-electron chi connectivity index (χ3n) is 9.82. The molecule has 0 amide bonds. The van der Waals surface area contributed by atoms with E-state index in [0.29, 0.717) is 32.1 Å². The van der Waals surface area contributed by atoms with Gasteiger partial charge in [0.15, 0.2) is 0 Å². The molecule has 42 heavy (non-hydrogen) atoms. The van der Waals surface area contributed by atoms with Gasteiger partial charge in [-0.05, 0) is 84.9 Å². The van der Waals surface area contributed by atoms with E-state index in [9.17, 15) is 31.5 Å². The van der Waals surface area contributed by atoms with Crippen molar-refractivity contribution in [2.75, 3.05) is 0 Å². The number of aliphatic hydroxyl groups is 1. The van der Waals surface area contributed by atoms with Crippen LogP contribution in [-0.4, -0.2) is 30.4 Å². The van der Waals surface area contributed by atoms with Crippen molar-refractivity contribution in [2.45, 2.75) is 68.9 Å². The molecule has 0 aliphatic heterocycles. The fourth-order valence-electron chi connectivity index (χ4n) is 7.73. The molecule has 0 saturated heterocycles. The summed E-state index contributed by atoms with van der Waals surface area (Å²) in [6.07, 6.45) is 6.29. The average molecular weight is 597 g/mol. The highest BCUT2D eigenvalue weighted by Crippen LogP contribution is 2.66. The van der Waals surface area contributed by atoms with Crippen molar-refractivity contribution in [1.82, 2.24) is 0 Å². The van der Waals surface area contributed by atoms with Gasteiger partial charge in [-0.2, -0.15) is 21.6 Å². The summed E-state index contributed by atoms with van der Waals surface area (Å²) in [5.41, 5.74) is -2.29. The highest BCUT2D eigenvalue weighted by atomic mass is 32.2. The van der Waals surface area contributed by atoms with Gasteiger partial charge in [0.2, 0.25) is 0 Å². The van der Waals surface area contributed by atoms with Gasteiger partial charge in [-0.15, -0.1) is 0 Å². The van der Waals surface area contributed by atoms with E-state index >= 15 is 0 Å². The Morgan fingerprint density at radius 2 is 1.76 bits per heavy atom. The van der Waals surface area contributed by atoms with Crippen LogP contribution in [-0.2, 0) is 14.9 Å². The Hall–Kier alpha value is -3.35. The first-order valence-corrected chi connectivity index (χ1v) is 15.6. The number of alkyl halides is 3. The summed E-state index contributed by atoms with van der Waals surface area (Å²) in [7, 11) is -5.79. The van der Waals surface area contributed by atoms with E-state index in [1.807, 2.05) is 30.3 Å². The maximum atomic E-state index is 12.9. The van der Waals surface area contributed by atoms with Gasteiger partial charge in [0.05, 0.1) is 0 Å². The Balaban J connectivity index is 1.41. The number of rotatable bonds is 3. The summed E-state index contributed by atoms with van der Waals surface area (Å²) >= 11 is 0. The van der Waals surface area contributed by atoms with Gasteiger partial charge < -0.3 is 9.29 Å². The first-order chi connectivity index (χ1) is 19.8. The zero-order chi connectivity index (χ0) is 29.9. The van der Waals surface area contributed by atoms with Gasteiger partial charge in [0, 0.05) is 29.7 Å². The lowest BCUT2D eigenvalue weighted by molar-refractivity contribution is -0.118. The van der Waals surface area contributed by atoms with E-state index in [2.05, 4.69) is 29.0 Å². The Kier molecular flexibility index (Phi) is 6.94. The van der Waals surface area contributed by atoms with Gasteiger partial charge in [-0.1, -0.05) is 60.7 Å². The number of benzene rings is 2. The Morgan fingerprint density at radius 1 is 1.05 bits per heavy atom. The topological polar surface area (TPSA) is 80.7 Å². The van der Waals surface area contributed by atoms with Crippen LogP contribution in [0.4, 0.5) is 13.2 Å². The van der Waals surface area contributed by atoms with Crippen molar-refractivity contribution in [3.8, 4) is 17.6 Å². The van der Waals surface area contributed by atoms with Crippen LogP contribution in [0.25, 0.3) is 0 Å². The molecule has 1 N–H and O–H groups in total. The van der Waals surface area contributed by atoms with Crippen LogP contribution in [0.3, 0.4) is 0 Å². The van der Waals surface area contributed by atoms with Crippen molar-refractivity contribution in [1.29, 1.82) is 0 Å². The second kappa shape index (κ2) is 10.1. The van der Waals surface area contributed by atoms with Crippen LogP contribution in [0.5, 0.6) is 5.75 Å². The number of carbonyl (C=O) groups is 1. The summed E-state index contributed by atoms with van der Waals surface area (Å²) in [6, 6.07) is 15.2. The Labute approximate surface area is 243 Å². The minimum absolute atomic E-state index is 0.120. The lowest BCUT2D eigenvalue weighted by Gasteiger charge is -2.53. The molecule has 5 nitrogen and oxygen atoms in total. The number of Topliss-reactive ketones (excluding diaryl/α,β-unsaturated/α-hetero) is 1. The summed E-state index contributed by atoms with van der Waals surface area (Å²) in [6.45, 7) is 2.09. The Morgan fingerprint density at radius 3 is 2.45 bits per heavy atom. The van der Waals surface area contributed by atoms with Crippen LogP contribution in [0.2, 0.25) is 0 Å². The third kappa shape index (κ3) is 4.79. The van der Waals surface area contributed by atoms with Crippen LogP contribution >= 0.6 is 0 Å². The number of carbonyl (C=O) groups excluding carboxylic acids is 1. The smallest absolute Gasteiger partial charge is 0.377 e. The first-order valence-electron chi connectivity index (χ1n) is 14.2. The first kappa shape index (κ1) is 28.8. The van der Waals surface area contributed by atoms with Gasteiger partial charge in [-0.3, -0.25) is 4.79 Å². The number of halogens is 3. The number of fused-ring (bicyclic) bond motifs is 4.